The standard InChI is InChI=1S/C12H20ClN5/c1-9(7-18-4-2-3-5-18)6-15-12-10(14)11(13)16-8-17-12/h8-9H,2-7,14H2,1H3,(H,15,16,17). The van der Waals surface area contributed by atoms with Crippen molar-refractivity contribution in [1.82, 2.24) is 14.9 Å². The zero-order valence-corrected chi connectivity index (χ0v) is 11.5. The van der Waals surface area contributed by atoms with Crippen molar-refractivity contribution in [2.45, 2.75) is 19.8 Å². The summed E-state index contributed by atoms with van der Waals surface area (Å²) in [5.41, 5.74) is 6.23. The lowest BCUT2D eigenvalue weighted by Gasteiger charge is -2.20. The third kappa shape index (κ3) is 3.46. The number of nitrogens with two attached hydrogens (primary N) is 1. The number of hydrogen-bond donors (Lipinski definition) is 2. The summed E-state index contributed by atoms with van der Waals surface area (Å²) in [5.74, 6) is 1.18. The van der Waals surface area contributed by atoms with Crippen molar-refractivity contribution in [3.63, 3.8) is 0 Å². The van der Waals surface area contributed by atoms with Gasteiger partial charge in [0.1, 0.15) is 12.0 Å². The molecule has 0 bridgehead atoms. The number of likely N-dealkylation sites (tertiary alicyclic amines) is 1. The zero-order valence-electron chi connectivity index (χ0n) is 10.7. The van der Waals surface area contributed by atoms with Crippen molar-refractivity contribution >= 4 is 23.1 Å². The lowest BCUT2D eigenvalue weighted by Crippen LogP contribution is -2.29. The van der Waals surface area contributed by atoms with E-state index >= 15 is 0 Å². The number of nitrogen functional groups attached to an aromatic ring is 1. The molecular weight excluding hydrogens is 250 g/mol. The maximum atomic E-state index is 5.84. The molecule has 0 aromatic carbocycles. The lowest BCUT2D eigenvalue weighted by molar-refractivity contribution is 0.294. The highest BCUT2D eigenvalue weighted by atomic mass is 35.5. The highest BCUT2D eigenvalue weighted by Crippen LogP contribution is 2.22. The first-order chi connectivity index (χ1) is 8.66. The Kier molecular flexibility index (Phi) is 4.60. The molecule has 3 N–H and O–H groups in total. The van der Waals surface area contributed by atoms with Gasteiger partial charge in [-0.15, -0.1) is 0 Å². The second-order valence-electron chi connectivity index (χ2n) is 4.92. The highest BCUT2D eigenvalue weighted by molar-refractivity contribution is 6.32. The van der Waals surface area contributed by atoms with Gasteiger partial charge in [-0.1, -0.05) is 18.5 Å². The monoisotopic (exact) mass is 269 g/mol. The largest absolute Gasteiger partial charge is 0.393 e. The van der Waals surface area contributed by atoms with Crippen LogP contribution < -0.4 is 11.1 Å². The van der Waals surface area contributed by atoms with Gasteiger partial charge in [-0.3, -0.25) is 0 Å². The molecule has 0 saturated carbocycles. The summed E-state index contributed by atoms with van der Waals surface area (Å²) in [6.45, 7) is 6.64. The van der Waals surface area contributed by atoms with Gasteiger partial charge in [0, 0.05) is 13.1 Å². The summed E-state index contributed by atoms with van der Waals surface area (Å²) in [7, 11) is 0. The number of halogens is 1. The van der Waals surface area contributed by atoms with E-state index in [9.17, 15) is 0 Å². The van der Waals surface area contributed by atoms with Gasteiger partial charge < -0.3 is 16.0 Å². The molecule has 1 saturated heterocycles. The molecule has 2 heterocycles. The first-order valence-electron chi connectivity index (χ1n) is 6.39. The van der Waals surface area contributed by atoms with E-state index in [1.54, 1.807) is 0 Å². The predicted octanol–water partition coefficient (Wildman–Crippen LogP) is 1.86. The number of rotatable bonds is 5. The Morgan fingerprint density at radius 1 is 1.44 bits per heavy atom. The van der Waals surface area contributed by atoms with Crippen LogP contribution in [0.15, 0.2) is 6.33 Å². The molecule has 6 heteroatoms. The smallest absolute Gasteiger partial charge is 0.157 e. The molecule has 0 spiro atoms. The minimum Gasteiger partial charge on any atom is -0.393 e. The van der Waals surface area contributed by atoms with Gasteiger partial charge >= 0.3 is 0 Å². The molecule has 1 aliphatic rings. The molecule has 18 heavy (non-hydrogen) atoms. The van der Waals surface area contributed by atoms with Crippen LogP contribution in [-0.2, 0) is 0 Å². The molecule has 0 radical (unpaired) electrons. The van der Waals surface area contributed by atoms with Gasteiger partial charge in [0.2, 0.25) is 0 Å². The third-order valence-corrected chi connectivity index (χ3v) is 3.52. The van der Waals surface area contributed by atoms with Crippen LogP contribution in [0.3, 0.4) is 0 Å². The quantitative estimate of drug-likeness (QED) is 0.799. The fraction of sp³-hybridized carbons (Fsp3) is 0.667. The Labute approximate surface area is 113 Å². The second-order valence-corrected chi connectivity index (χ2v) is 5.28. The Bertz CT molecular complexity index is 392. The van der Waals surface area contributed by atoms with Crippen LogP contribution in [-0.4, -0.2) is 41.0 Å². The van der Waals surface area contributed by atoms with Crippen molar-refractivity contribution in [1.29, 1.82) is 0 Å². The van der Waals surface area contributed by atoms with Gasteiger partial charge in [-0.2, -0.15) is 0 Å². The van der Waals surface area contributed by atoms with Crippen molar-refractivity contribution in [2.75, 3.05) is 37.2 Å². The molecule has 1 aliphatic heterocycles. The average molecular weight is 270 g/mol. The van der Waals surface area contributed by atoms with Gasteiger partial charge in [-0.25, -0.2) is 9.97 Å². The SMILES string of the molecule is CC(CNc1ncnc(Cl)c1N)CN1CCCC1. The van der Waals surface area contributed by atoms with Crippen LogP contribution in [0.5, 0.6) is 0 Å². The molecule has 0 aliphatic carbocycles. The molecule has 100 valence electrons. The first kappa shape index (κ1) is 13.4. The van der Waals surface area contributed by atoms with Crippen molar-refractivity contribution in [2.24, 2.45) is 5.92 Å². The molecule has 5 nitrogen and oxygen atoms in total. The van der Waals surface area contributed by atoms with Crippen molar-refractivity contribution in [3.8, 4) is 0 Å². The maximum Gasteiger partial charge on any atom is 0.157 e. The molecule has 0 amide bonds. The maximum absolute atomic E-state index is 5.84. The Balaban J connectivity index is 1.81. The normalized spacial score (nSPS) is 17.9. The molecule has 1 atom stereocenters. The number of aromatic nitrogens is 2. The van der Waals surface area contributed by atoms with E-state index in [-0.39, 0.29) is 0 Å². The van der Waals surface area contributed by atoms with Crippen LogP contribution in [0.25, 0.3) is 0 Å². The fourth-order valence-corrected chi connectivity index (χ4v) is 2.39. The number of hydrogen-bond acceptors (Lipinski definition) is 5. The summed E-state index contributed by atoms with van der Waals surface area (Å²) in [4.78, 5) is 10.4. The Morgan fingerprint density at radius 2 is 2.17 bits per heavy atom. The molecule has 1 aromatic heterocycles. The predicted molar refractivity (Wildman–Crippen MR) is 74.8 cm³/mol. The van der Waals surface area contributed by atoms with E-state index in [1.165, 1.54) is 32.3 Å². The average Bonchev–Trinajstić information content (AvgIpc) is 2.84. The van der Waals surface area contributed by atoms with E-state index < -0.39 is 0 Å². The summed E-state index contributed by atoms with van der Waals surface area (Å²) in [6.07, 6.45) is 4.08. The number of nitrogens with one attached hydrogen (secondary N) is 1. The molecular formula is C12H20ClN5. The summed E-state index contributed by atoms with van der Waals surface area (Å²) < 4.78 is 0. The van der Waals surface area contributed by atoms with Gasteiger partial charge in [0.25, 0.3) is 0 Å². The van der Waals surface area contributed by atoms with E-state index in [2.05, 4.69) is 27.1 Å². The summed E-state index contributed by atoms with van der Waals surface area (Å²) in [6, 6.07) is 0. The van der Waals surface area contributed by atoms with Gasteiger partial charge in [0.15, 0.2) is 11.0 Å². The lowest BCUT2D eigenvalue weighted by atomic mass is 10.1. The summed E-state index contributed by atoms with van der Waals surface area (Å²) in [5, 5.41) is 3.55. The van der Waals surface area contributed by atoms with E-state index in [1.807, 2.05) is 0 Å². The number of nitrogens with zero attached hydrogens (tertiary/aromatic N) is 3. The minimum atomic E-state index is 0.305. The molecule has 1 aromatic rings. The van der Waals surface area contributed by atoms with Crippen LogP contribution in [0, 0.1) is 5.92 Å². The summed E-state index contributed by atoms with van der Waals surface area (Å²) >= 11 is 5.84. The van der Waals surface area contributed by atoms with Crippen LogP contribution in [0.1, 0.15) is 19.8 Å². The third-order valence-electron chi connectivity index (χ3n) is 3.22. The highest BCUT2D eigenvalue weighted by Gasteiger charge is 2.15. The second kappa shape index (κ2) is 6.20. The Hall–Kier alpha value is -1.07. The van der Waals surface area contributed by atoms with Crippen molar-refractivity contribution in [3.05, 3.63) is 11.5 Å². The van der Waals surface area contributed by atoms with Crippen LogP contribution >= 0.6 is 11.6 Å². The minimum absolute atomic E-state index is 0.305. The topological polar surface area (TPSA) is 67.1 Å². The van der Waals surface area contributed by atoms with Gasteiger partial charge in [-0.05, 0) is 31.8 Å². The van der Waals surface area contributed by atoms with E-state index in [4.69, 9.17) is 17.3 Å². The molecule has 1 fully saturated rings. The Morgan fingerprint density at radius 3 is 2.89 bits per heavy atom. The first-order valence-corrected chi connectivity index (χ1v) is 6.77. The fourth-order valence-electron chi connectivity index (χ4n) is 2.26. The zero-order chi connectivity index (χ0) is 13.0. The van der Waals surface area contributed by atoms with E-state index in [0.29, 0.717) is 22.6 Å². The van der Waals surface area contributed by atoms with E-state index in [0.717, 1.165) is 13.1 Å². The molecule has 2 rings (SSSR count). The number of anilines is 2. The van der Waals surface area contributed by atoms with Crippen molar-refractivity contribution < 1.29 is 0 Å². The van der Waals surface area contributed by atoms with Crippen LogP contribution in [0.2, 0.25) is 5.15 Å². The van der Waals surface area contributed by atoms with Gasteiger partial charge in [0.05, 0.1) is 0 Å². The van der Waals surface area contributed by atoms with Crippen LogP contribution in [0.4, 0.5) is 11.5 Å². The molecule has 1 unspecified atom stereocenters.